The molecule has 1 aromatic rings. The van der Waals surface area contributed by atoms with Gasteiger partial charge in [-0.05, 0) is 73.7 Å². The summed E-state index contributed by atoms with van der Waals surface area (Å²) in [5.74, 6) is 0.847. The molecule has 0 amide bonds. The van der Waals surface area contributed by atoms with Crippen molar-refractivity contribution in [3.05, 3.63) is 15.9 Å². The van der Waals surface area contributed by atoms with Crippen molar-refractivity contribution in [3.8, 4) is 0 Å². The van der Waals surface area contributed by atoms with Crippen LogP contribution in [-0.2, 0) is 19.9 Å². The van der Waals surface area contributed by atoms with Crippen molar-refractivity contribution in [2.75, 3.05) is 6.54 Å². The van der Waals surface area contributed by atoms with Crippen molar-refractivity contribution in [2.45, 2.75) is 65.8 Å². The standard InChI is InChI=1S/C17H30BrN3/c1-7-13-15(18)14(21(6)20-13)10-17(5,12-8-9-12)11-19-16(2,3)4/h12,19H,7-11H2,1-6H3. The summed E-state index contributed by atoms with van der Waals surface area (Å²) in [7, 11) is 2.07. The Morgan fingerprint density at radius 1 is 1.29 bits per heavy atom. The molecule has 0 aromatic carbocycles. The summed E-state index contributed by atoms with van der Waals surface area (Å²) >= 11 is 3.77. The third-order valence-electron chi connectivity index (χ3n) is 4.66. The van der Waals surface area contributed by atoms with Gasteiger partial charge in [-0.15, -0.1) is 0 Å². The van der Waals surface area contributed by atoms with Gasteiger partial charge in [0.05, 0.1) is 15.9 Å². The average molecular weight is 356 g/mol. The smallest absolute Gasteiger partial charge is 0.0766 e. The van der Waals surface area contributed by atoms with E-state index in [9.17, 15) is 0 Å². The maximum absolute atomic E-state index is 4.65. The number of rotatable bonds is 6. The molecular weight excluding hydrogens is 326 g/mol. The highest BCUT2D eigenvalue weighted by molar-refractivity contribution is 9.10. The molecule has 120 valence electrons. The van der Waals surface area contributed by atoms with E-state index in [0.717, 1.165) is 25.3 Å². The van der Waals surface area contributed by atoms with Crippen molar-refractivity contribution >= 4 is 15.9 Å². The first kappa shape index (κ1) is 17.0. The van der Waals surface area contributed by atoms with E-state index in [2.05, 4.69) is 72.7 Å². The van der Waals surface area contributed by atoms with Crippen molar-refractivity contribution in [1.82, 2.24) is 15.1 Å². The number of hydrogen-bond donors (Lipinski definition) is 1. The molecule has 1 aliphatic carbocycles. The van der Waals surface area contributed by atoms with E-state index in [-0.39, 0.29) is 5.54 Å². The third-order valence-corrected chi connectivity index (χ3v) is 5.58. The molecular formula is C17H30BrN3. The monoisotopic (exact) mass is 355 g/mol. The first-order valence-corrected chi connectivity index (χ1v) is 8.91. The van der Waals surface area contributed by atoms with E-state index in [1.165, 1.54) is 28.7 Å². The molecule has 21 heavy (non-hydrogen) atoms. The molecule has 1 saturated carbocycles. The van der Waals surface area contributed by atoms with E-state index >= 15 is 0 Å². The summed E-state index contributed by atoms with van der Waals surface area (Å²) in [6.45, 7) is 12.4. The molecule has 1 atom stereocenters. The van der Waals surface area contributed by atoms with Crippen molar-refractivity contribution in [3.63, 3.8) is 0 Å². The van der Waals surface area contributed by atoms with Gasteiger partial charge in [0.15, 0.2) is 0 Å². The van der Waals surface area contributed by atoms with E-state index in [1.807, 2.05) is 0 Å². The highest BCUT2D eigenvalue weighted by atomic mass is 79.9. The molecule has 1 unspecified atom stereocenters. The Morgan fingerprint density at radius 2 is 1.90 bits per heavy atom. The molecule has 1 heterocycles. The minimum atomic E-state index is 0.175. The van der Waals surface area contributed by atoms with Crippen LogP contribution in [0.5, 0.6) is 0 Å². The van der Waals surface area contributed by atoms with E-state index < -0.39 is 0 Å². The fraction of sp³-hybridized carbons (Fsp3) is 0.824. The highest BCUT2D eigenvalue weighted by Gasteiger charge is 2.42. The number of nitrogens with zero attached hydrogens (tertiary/aromatic N) is 2. The first-order valence-electron chi connectivity index (χ1n) is 8.11. The lowest BCUT2D eigenvalue weighted by Crippen LogP contribution is -2.44. The fourth-order valence-electron chi connectivity index (χ4n) is 2.99. The molecule has 4 heteroatoms. The van der Waals surface area contributed by atoms with E-state index in [0.29, 0.717) is 5.41 Å². The summed E-state index contributed by atoms with van der Waals surface area (Å²) in [6, 6.07) is 0. The zero-order chi connectivity index (χ0) is 15.8. The molecule has 0 bridgehead atoms. The largest absolute Gasteiger partial charge is 0.312 e. The van der Waals surface area contributed by atoms with Gasteiger partial charge in [0, 0.05) is 19.1 Å². The predicted octanol–water partition coefficient (Wildman–Crippen LogP) is 4.09. The molecule has 1 fully saturated rings. The fourth-order valence-corrected chi connectivity index (χ4v) is 3.75. The molecule has 0 aliphatic heterocycles. The van der Waals surface area contributed by atoms with Crippen LogP contribution in [0, 0.1) is 11.3 Å². The topological polar surface area (TPSA) is 29.9 Å². The lowest BCUT2D eigenvalue weighted by Gasteiger charge is -2.34. The molecule has 0 saturated heterocycles. The van der Waals surface area contributed by atoms with Gasteiger partial charge >= 0.3 is 0 Å². The lowest BCUT2D eigenvalue weighted by atomic mass is 9.79. The van der Waals surface area contributed by atoms with Gasteiger partial charge in [-0.3, -0.25) is 4.68 Å². The molecule has 1 aliphatic rings. The zero-order valence-corrected chi connectivity index (χ0v) is 16.0. The van der Waals surface area contributed by atoms with Crippen molar-refractivity contribution in [2.24, 2.45) is 18.4 Å². The van der Waals surface area contributed by atoms with Crippen LogP contribution < -0.4 is 5.32 Å². The molecule has 1 aromatic heterocycles. The Kier molecular flexibility index (Phi) is 4.89. The van der Waals surface area contributed by atoms with Crippen LogP contribution in [0.15, 0.2) is 4.47 Å². The minimum Gasteiger partial charge on any atom is -0.312 e. The Morgan fingerprint density at radius 3 is 2.33 bits per heavy atom. The SMILES string of the molecule is CCc1nn(C)c(CC(C)(CNC(C)(C)C)C2CC2)c1Br. The predicted molar refractivity (Wildman–Crippen MR) is 92.6 cm³/mol. The van der Waals surface area contributed by atoms with Gasteiger partial charge < -0.3 is 5.32 Å². The van der Waals surface area contributed by atoms with Crippen LogP contribution in [0.25, 0.3) is 0 Å². The van der Waals surface area contributed by atoms with Crippen LogP contribution in [0.3, 0.4) is 0 Å². The van der Waals surface area contributed by atoms with Gasteiger partial charge in [0.1, 0.15) is 0 Å². The second-order valence-electron chi connectivity index (χ2n) is 7.89. The number of aryl methyl sites for hydroxylation is 2. The quantitative estimate of drug-likeness (QED) is 0.832. The Labute approximate surface area is 138 Å². The number of aromatic nitrogens is 2. The average Bonchev–Trinajstić information content (AvgIpc) is 3.19. The van der Waals surface area contributed by atoms with Crippen LogP contribution in [-0.4, -0.2) is 21.9 Å². The molecule has 0 spiro atoms. The van der Waals surface area contributed by atoms with Crippen LogP contribution >= 0.6 is 15.9 Å². The molecule has 0 radical (unpaired) electrons. The second-order valence-corrected chi connectivity index (χ2v) is 8.69. The highest BCUT2D eigenvalue weighted by Crippen LogP contribution is 2.48. The number of halogens is 1. The normalized spacial score (nSPS) is 18.8. The first-order chi connectivity index (χ1) is 9.66. The summed E-state index contributed by atoms with van der Waals surface area (Å²) in [5.41, 5.74) is 3.01. The summed E-state index contributed by atoms with van der Waals surface area (Å²) in [6.07, 6.45) is 4.82. The minimum absolute atomic E-state index is 0.175. The summed E-state index contributed by atoms with van der Waals surface area (Å²) in [5, 5.41) is 8.37. The van der Waals surface area contributed by atoms with Crippen LogP contribution in [0.2, 0.25) is 0 Å². The summed E-state index contributed by atoms with van der Waals surface area (Å²) < 4.78 is 3.29. The Balaban J connectivity index is 2.18. The van der Waals surface area contributed by atoms with Crippen molar-refractivity contribution in [1.29, 1.82) is 0 Å². The molecule has 3 nitrogen and oxygen atoms in total. The third kappa shape index (κ3) is 4.10. The van der Waals surface area contributed by atoms with E-state index in [4.69, 9.17) is 0 Å². The Hall–Kier alpha value is -0.350. The number of nitrogens with one attached hydrogen (secondary N) is 1. The van der Waals surface area contributed by atoms with Gasteiger partial charge in [0.2, 0.25) is 0 Å². The molecule has 1 N–H and O–H groups in total. The van der Waals surface area contributed by atoms with Crippen molar-refractivity contribution < 1.29 is 0 Å². The van der Waals surface area contributed by atoms with Crippen LogP contribution in [0.4, 0.5) is 0 Å². The van der Waals surface area contributed by atoms with Crippen LogP contribution in [0.1, 0.15) is 58.8 Å². The maximum atomic E-state index is 4.65. The summed E-state index contributed by atoms with van der Waals surface area (Å²) in [4.78, 5) is 0. The second kappa shape index (κ2) is 6.04. The van der Waals surface area contributed by atoms with Gasteiger partial charge in [-0.25, -0.2) is 0 Å². The van der Waals surface area contributed by atoms with Gasteiger partial charge in [-0.2, -0.15) is 5.10 Å². The van der Waals surface area contributed by atoms with E-state index in [1.54, 1.807) is 0 Å². The number of hydrogen-bond acceptors (Lipinski definition) is 2. The Bertz CT molecular complexity index is 497. The maximum Gasteiger partial charge on any atom is 0.0766 e. The lowest BCUT2D eigenvalue weighted by molar-refractivity contribution is 0.223. The van der Waals surface area contributed by atoms with Gasteiger partial charge in [-0.1, -0.05) is 13.8 Å². The zero-order valence-electron chi connectivity index (χ0n) is 14.4. The molecule has 2 rings (SSSR count). The van der Waals surface area contributed by atoms with Gasteiger partial charge in [0.25, 0.3) is 0 Å².